The van der Waals surface area contributed by atoms with Gasteiger partial charge in [0.2, 0.25) is 0 Å². The van der Waals surface area contributed by atoms with Crippen LogP contribution >= 0.6 is 0 Å². The number of ether oxygens (including phenoxy) is 1. The third kappa shape index (κ3) is 3.04. The second-order valence-corrected chi connectivity index (χ2v) is 6.92. The molecule has 0 saturated carbocycles. The molecule has 0 amide bonds. The fourth-order valence-electron chi connectivity index (χ4n) is 3.43. The van der Waals surface area contributed by atoms with Crippen LogP contribution in [-0.4, -0.2) is 34.6 Å². The summed E-state index contributed by atoms with van der Waals surface area (Å²) in [5, 5.41) is 3.37. The van der Waals surface area contributed by atoms with Crippen LogP contribution in [0.2, 0.25) is 0 Å². The molecule has 0 bridgehead atoms. The third-order valence-electron chi connectivity index (χ3n) is 5.06. The van der Waals surface area contributed by atoms with Crippen LogP contribution in [0.4, 0.5) is 5.82 Å². The zero-order valence-corrected chi connectivity index (χ0v) is 16.2. The fourth-order valence-corrected chi connectivity index (χ4v) is 3.43. The number of hydrogen-bond donors (Lipinski definition) is 1. The number of benzene rings is 2. The number of nitrogens with one attached hydrogen (secondary N) is 1. The van der Waals surface area contributed by atoms with Crippen LogP contribution in [0.1, 0.15) is 16.7 Å². The molecular formula is C22H24N4O. The van der Waals surface area contributed by atoms with Gasteiger partial charge in [-0.3, -0.25) is 4.40 Å². The van der Waals surface area contributed by atoms with Crippen molar-refractivity contribution >= 4 is 22.5 Å². The first-order valence-electron chi connectivity index (χ1n) is 9.17. The fraction of sp³-hybridized carbons (Fsp3) is 0.273. The van der Waals surface area contributed by atoms with Crippen molar-refractivity contribution in [1.82, 2.24) is 14.4 Å². The lowest BCUT2D eigenvalue weighted by molar-refractivity contribution is 0.210. The molecule has 1 N–H and O–H groups in total. The summed E-state index contributed by atoms with van der Waals surface area (Å²) in [6.45, 7) is 7.68. The van der Waals surface area contributed by atoms with E-state index < -0.39 is 0 Å². The first-order chi connectivity index (χ1) is 13.1. The van der Waals surface area contributed by atoms with Gasteiger partial charge in [0, 0.05) is 19.2 Å². The summed E-state index contributed by atoms with van der Waals surface area (Å²) in [5.41, 5.74) is 8.82. The molecule has 0 atom stereocenters. The molecule has 0 fully saturated rings. The minimum absolute atomic E-state index is 0.615. The van der Waals surface area contributed by atoms with Crippen molar-refractivity contribution in [3.63, 3.8) is 0 Å². The first kappa shape index (κ1) is 17.5. The smallest absolute Gasteiger partial charge is 0.181 e. The molecule has 0 unspecified atom stereocenters. The number of imidazole rings is 1. The van der Waals surface area contributed by atoms with E-state index in [9.17, 15) is 0 Å². The molecular weight excluding hydrogens is 336 g/mol. The van der Waals surface area contributed by atoms with E-state index in [1.807, 2.05) is 6.20 Å². The second kappa shape index (κ2) is 7.00. The van der Waals surface area contributed by atoms with Crippen LogP contribution in [-0.2, 0) is 4.74 Å². The normalized spacial score (nSPS) is 11.4. The number of fused-ring (bicyclic) bond motifs is 3. The number of nitrogens with zero attached hydrogens (tertiary/aromatic N) is 3. The minimum Gasteiger partial charge on any atom is -0.383 e. The topological polar surface area (TPSA) is 51.5 Å². The zero-order valence-electron chi connectivity index (χ0n) is 16.2. The lowest BCUT2D eigenvalue weighted by Crippen LogP contribution is -2.11. The Hall–Kier alpha value is -2.92. The monoisotopic (exact) mass is 360 g/mol. The Morgan fingerprint density at radius 3 is 2.59 bits per heavy atom. The molecule has 0 spiro atoms. The van der Waals surface area contributed by atoms with E-state index in [0.717, 1.165) is 28.2 Å². The molecule has 0 aliphatic heterocycles. The molecule has 0 aliphatic carbocycles. The van der Waals surface area contributed by atoms with E-state index >= 15 is 0 Å². The van der Waals surface area contributed by atoms with Crippen LogP contribution in [0.3, 0.4) is 0 Å². The van der Waals surface area contributed by atoms with Gasteiger partial charge in [0.25, 0.3) is 0 Å². The van der Waals surface area contributed by atoms with Crippen molar-refractivity contribution < 1.29 is 4.74 Å². The van der Waals surface area contributed by atoms with Gasteiger partial charge >= 0.3 is 0 Å². The van der Waals surface area contributed by atoms with E-state index in [4.69, 9.17) is 14.7 Å². The molecule has 0 aliphatic rings. The van der Waals surface area contributed by atoms with Gasteiger partial charge in [0.1, 0.15) is 0 Å². The summed E-state index contributed by atoms with van der Waals surface area (Å²) in [7, 11) is 1.70. The SMILES string of the molecule is COCCNc1nc2cc(C)c(C)cc2n2c(-c3ccccc3C)cnc12. The highest BCUT2D eigenvalue weighted by Crippen LogP contribution is 2.31. The van der Waals surface area contributed by atoms with E-state index in [2.05, 4.69) is 66.9 Å². The summed E-state index contributed by atoms with van der Waals surface area (Å²) in [6.07, 6.45) is 1.94. The molecule has 2 aromatic heterocycles. The summed E-state index contributed by atoms with van der Waals surface area (Å²) in [5.74, 6) is 0.780. The maximum absolute atomic E-state index is 5.17. The van der Waals surface area contributed by atoms with E-state index in [1.165, 1.54) is 22.3 Å². The van der Waals surface area contributed by atoms with Gasteiger partial charge in [0.05, 0.1) is 29.5 Å². The maximum Gasteiger partial charge on any atom is 0.181 e. The minimum atomic E-state index is 0.615. The molecule has 5 nitrogen and oxygen atoms in total. The van der Waals surface area contributed by atoms with Gasteiger partial charge in [-0.1, -0.05) is 24.3 Å². The van der Waals surface area contributed by atoms with Gasteiger partial charge in [-0.25, -0.2) is 9.97 Å². The number of hydrogen-bond acceptors (Lipinski definition) is 4. The van der Waals surface area contributed by atoms with E-state index in [1.54, 1.807) is 7.11 Å². The first-order valence-corrected chi connectivity index (χ1v) is 9.17. The van der Waals surface area contributed by atoms with Crippen molar-refractivity contribution in [1.29, 1.82) is 0 Å². The number of aryl methyl sites for hydroxylation is 3. The second-order valence-electron chi connectivity index (χ2n) is 6.92. The largest absolute Gasteiger partial charge is 0.383 e. The van der Waals surface area contributed by atoms with Crippen LogP contribution < -0.4 is 5.32 Å². The van der Waals surface area contributed by atoms with Gasteiger partial charge in [-0.15, -0.1) is 0 Å². The average molecular weight is 360 g/mol. The van der Waals surface area contributed by atoms with E-state index in [-0.39, 0.29) is 0 Å². The summed E-state index contributed by atoms with van der Waals surface area (Å²) in [4.78, 5) is 9.57. The number of aromatic nitrogens is 3. The molecule has 5 heteroatoms. The molecule has 138 valence electrons. The number of rotatable bonds is 5. The van der Waals surface area contributed by atoms with E-state index in [0.29, 0.717) is 13.2 Å². The highest BCUT2D eigenvalue weighted by Gasteiger charge is 2.16. The predicted octanol–water partition coefficient (Wildman–Crippen LogP) is 4.53. The lowest BCUT2D eigenvalue weighted by Gasteiger charge is -2.13. The highest BCUT2D eigenvalue weighted by atomic mass is 16.5. The summed E-state index contributed by atoms with van der Waals surface area (Å²) >= 11 is 0. The molecule has 4 rings (SSSR count). The molecule has 0 saturated heterocycles. The Labute approximate surface area is 159 Å². The average Bonchev–Trinajstić information content (AvgIpc) is 3.09. The van der Waals surface area contributed by atoms with Crippen LogP contribution in [0.5, 0.6) is 0 Å². The van der Waals surface area contributed by atoms with Crippen molar-refractivity contribution in [3.05, 3.63) is 59.3 Å². The Balaban J connectivity index is 2.03. The van der Waals surface area contributed by atoms with Gasteiger partial charge in [0.15, 0.2) is 11.5 Å². The van der Waals surface area contributed by atoms with Crippen LogP contribution in [0, 0.1) is 20.8 Å². The van der Waals surface area contributed by atoms with Crippen molar-refractivity contribution in [2.75, 3.05) is 25.6 Å². The third-order valence-corrected chi connectivity index (χ3v) is 5.06. The van der Waals surface area contributed by atoms with Gasteiger partial charge < -0.3 is 10.1 Å². The standard InChI is InChI=1S/C22H24N4O/c1-14-7-5-6-8-17(14)20-13-24-22-21(23-9-10-27-4)25-18-11-15(2)16(3)12-19(18)26(20)22/h5-8,11-13H,9-10H2,1-4H3,(H,23,25). The van der Waals surface area contributed by atoms with Crippen LogP contribution in [0.25, 0.3) is 27.9 Å². The zero-order chi connectivity index (χ0) is 19.0. The summed E-state index contributed by atoms with van der Waals surface area (Å²) < 4.78 is 7.39. The highest BCUT2D eigenvalue weighted by molar-refractivity contribution is 5.87. The Kier molecular flexibility index (Phi) is 4.54. The summed E-state index contributed by atoms with van der Waals surface area (Å²) in [6, 6.07) is 12.8. The van der Waals surface area contributed by atoms with Crippen LogP contribution in [0.15, 0.2) is 42.6 Å². The Morgan fingerprint density at radius 1 is 1.04 bits per heavy atom. The molecule has 0 radical (unpaired) electrons. The molecule has 2 aromatic carbocycles. The lowest BCUT2D eigenvalue weighted by atomic mass is 10.1. The molecule has 2 heterocycles. The van der Waals surface area contributed by atoms with Gasteiger partial charge in [-0.2, -0.15) is 0 Å². The molecule has 4 aromatic rings. The van der Waals surface area contributed by atoms with Crippen molar-refractivity contribution in [2.24, 2.45) is 0 Å². The maximum atomic E-state index is 5.17. The quantitative estimate of drug-likeness (QED) is 0.531. The van der Waals surface area contributed by atoms with Crippen molar-refractivity contribution in [3.8, 4) is 11.3 Å². The molecule has 27 heavy (non-hydrogen) atoms. The Bertz CT molecular complexity index is 1130. The van der Waals surface area contributed by atoms with Gasteiger partial charge in [-0.05, 0) is 49.6 Å². The Morgan fingerprint density at radius 2 is 1.81 bits per heavy atom. The number of anilines is 1. The number of methoxy groups -OCH3 is 1. The van der Waals surface area contributed by atoms with Crippen molar-refractivity contribution in [2.45, 2.75) is 20.8 Å². The predicted molar refractivity (Wildman–Crippen MR) is 111 cm³/mol.